The maximum Gasteiger partial charge on any atom is 0.310 e. The molecule has 0 aromatic rings. The fraction of sp³-hybridized carbons (Fsp3) is 0.857. The van der Waals surface area contributed by atoms with Crippen molar-refractivity contribution in [3.05, 3.63) is 0 Å². The third kappa shape index (κ3) is 7.70. The van der Waals surface area contributed by atoms with Crippen molar-refractivity contribution in [2.75, 3.05) is 26.7 Å². The lowest BCUT2D eigenvalue weighted by molar-refractivity contribution is -0.144. The maximum atomic E-state index is 11.3. The summed E-state index contributed by atoms with van der Waals surface area (Å²) in [6.45, 7) is 10.4. The van der Waals surface area contributed by atoms with E-state index < -0.39 is 0 Å². The Morgan fingerprint density at radius 1 is 1.21 bits per heavy atom. The Morgan fingerprint density at radius 3 is 2.32 bits per heavy atom. The van der Waals surface area contributed by atoms with Gasteiger partial charge in [0.15, 0.2) is 5.96 Å². The second-order valence-electron chi connectivity index (χ2n) is 4.71. The first-order valence-corrected chi connectivity index (χ1v) is 7.18. The van der Waals surface area contributed by atoms with Gasteiger partial charge < -0.3 is 15.4 Å². The van der Waals surface area contributed by atoms with Crippen molar-refractivity contribution in [1.82, 2.24) is 10.6 Å². The predicted octanol–water partition coefficient (Wildman–Crippen LogP) is 1.79. The fourth-order valence-electron chi connectivity index (χ4n) is 1.64. The van der Waals surface area contributed by atoms with Gasteiger partial charge in [-0.2, -0.15) is 0 Å². The van der Waals surface area contributed by atoms with Crippen LogP contribution in [0.2, 0.25) is 0 Å². The monoisotopic (exact) mass is 271 g/mol. The van der Waals surface area contributed by atoms with Crippen molar-refractivity contribution in [3.8, 4) is 0 Å². The van der Waals surface area contributed by atoms with Gasteiger partial charge in [0.25, 0.3) is 0 Å². The minimum atomic E-state index is -0.205. The first kappa shape index (κ1) is 17.7. The lowest BCUT2D eigenvalue weighted by atomic mass is 10.0. The zero-order chi connectivity index (χ0) is 14.7. The molecule has 5 nitrogen and oxygen atoms in total. The van der Waals surface area contributed by atoms with E-state index in [1.54, 1.807) is 0 Å². The van der Waals surface area contributed by atoms with E-state index in [0.717, 1.165) is 31.9 Å². The van der Waals surface area contributed by atoms with Crippen molar-refractivity contribution < 1.29 is 9.53 Å². The van der Waals surface area contributed by atoms with E-state index in [2.05, 4.69) is 29.5 Å². The Bertz CT molecular complexity index is 276. The summed E-state index contributed by atoms with van der Waals surface area (Å²) >= 11 is 0. The van der Waals surface area contributed by atoms with E-state index >= 15 is 0 Å². The molecule has 0 radical (unpaired) electrons. The van der Waals surface area contributed by atoms with Crippen molar-refractivity contribution >= 4 is 11.9 Å². The third-order valence-electron chi connectivity index (χ3n) is 3.19. The van der Waals surface area contributed by atoms with E-state index in [0.29, 0.717) is 12.5 Å². The van der Waals surface area contributed by atoms with Gasteiger partial charge >= 0.3 is 5.97 Å². The number of esters is 1. The summed E-state index contributed by atoms with van der Waals surface area (Å²) in [5.74, 6) is 1.00. The molecule has 0 aliphatic rings. The molecule has 1 unspecified atom stereocenters. The fourth-order valence-corrected chi connectivity index (χ4v) is 1.64. The number of nitrogens with zero attached hydrogens (tertiary/aromatic N) is 1. The molecular weight excluding hydrogens is 242 g/mol. The van der Waals surface area contributed by atoms with Crippen LogP contribution in [-0.4, -0.2) is 38.7 Å². The standard InChI is InChI=1S/C14H29N3O2/c1-6-12(7-2)10-17-14(15-8-3)16-9-11(4)13(18)19-5/h11-12H,6-10H2,1-5H3,(H2,15,16,17). The number of carbonyl (C=O) groups is 1. The van der Waals surface area contributed by atoms with Crippen LogP contribution in [0.15, 0.2) is 4.99 Å². The van der Waals surface area contributed by atoms with Crippen LogP contribution in [0.3, 0.4) is 0 Å². The van der Waals surface area contributed by atoms with Crippen LogP contribution >= 0.6 is 0 Å². The van der Waals surface area contributed by atoms with Crippen LogP contribution in [-0.2, 0) is 9.53 Å². The summed E-state index contributed by atoms with van der Waals surface area (Å²) in [5.41, 5.74) is 0. The third-order valence-corrected chi connectivity index (χ3v) is 3.19. The molecule has 0 bridgehead atoms. The van der Waals surface area contributed by atoms with Crippen molar-refractivity contribution in [2.45, 2.75) is 40.5 Å². The number of aliphatic imine (C=N–C) groups is 1. The van der Waals surface area contributed by atoms with Crippen LogP contribution in [0.5, 0.6) is 0 Å². The van der Waals surface area contributed by atoms with Crippen molar-refractivity contribution in [2.24, 2.45) is 16.8 Å². The van der Waals surface area contributed by atoms with Gasteiger partial charge in [0.1, 0.15) is 0 Å². The summed E-state index contributed by atoms with van der Waals surface area (Å²) in [6.07, 6.45) is 2.27. The zero-order valence-corrected chi connectivity index (χ0v) is 13.0. The number of methoxy groups -OCH3 is 1. The predicted molar refractivity (Wildman–Crippen MR) is 79.2 cm³/mol. The van der Waals surface area contributed by atoms with Crippen LogP contribution < -0.4 is 10.6 Å². The van der Waals surface area contributed by atoms with Crippen LogP contribution in [0, 0.1) is 11.8 Å². The van der Waals surface area contributed by atoms with Gasteiger partial charge in [0.2, 0.25) is 0 Å². The van der Waals surface area contributed by atoms with Crippen molar-refractivity contribution in [3.63, 3.8) is 0 Å². The number of carbonyl (C=O) groups excluding carboxylic acids is 1. The molecule has 1 atom stereocenters. The molecule has 19 heavy (non-hydrogen) atoms. The smallest absolute Gasteiger partial charge is 0.310 e. The highest BCUT2D eigenvalue weighted by Gasteiger charge is 2.13. The molecule has 0 aromatic heterocycles. The summed E-state index contributed by atoms with van der Waals surface area (Å²) in [5, 5.41) is 6.36. The Hall–Kier alpha value is -1.26. The quantitative estimate of drug-likeness (QED) is 0.401. The largest absolute Gasteiger partial charge is 0.469 e. The molecule has 0 fully saturated rings. The molecule has 0 aliphatic carbocycles. The Balaban J connectivity index is 4.31. The van der Waals surface area contributed by atoms with Gasteiger partial charge in [-0.15, -0.1) is 0 Å². The summed E-state index contributed by atoms with van der Waals surface area (Å²) < 4.78 is 4.70. The van der Waals surface area contributed by atoms with Crippen molar-refractivity contribution in [1.29, 1.82) is 0 Å². The molecule has 0 saturated carbocycles. The minimum Gasteiger partial charge on any atom is -0.469 e. The van der Waals surface area contributed by atoms with Crippen LogP contribution in [0.1, 0.15) is 40.5 Å². The normalized spacial score (nSPS) is 13.3. The maximum absolute atomic E-state index is 11.3. The van der Waals surface area contributed by atoms with Gasteiger partial charge in [0.05, 0.1) is 13.0 Å². The lowest BCUT2D eigenvalue weighted by Gasteiger charge is -2.16. The highest BCUT2D eigenvalue weighted by atomic mass is 16.5. The molecule has 112 valence electrons. The summed E-state index contributed by atoms with van der Waals surface area (Å²) in [7, 11) is 1.41. The molecule has 0 amide bonds. The Morgan fingerprint density at radius 2 is 1.84 bits per heavy atom. The molecule has 2 N–H and O–H groups in total. The summed E-state index contributed by atoms with van der Waals surface area (Å²) in [6, 6.07) is 0. The first-order chi connectivity index (χ1) is 9.08. The topological polar surface area (TPSA) is 62.7 Å². The van der Waals surface area contributed by atoms with E-state index in [-0.39, 0.29) is 11.9 Å². The van der Waals surface area contributed by atoms with E-state index in [1.807, 2.05) is 13.8 Å². The molecule has 0 aromatic carbocycles. The molecular formula is C14H29N3O2. The van der Waals surface area contributed by atoms with E-state index in [4.69, 9.17) is 4.74 Å². The number of ether oxygens (including phenoxy) is 1. The number of nitrogens with one attached hydrogen (secondary N) is 2. The SMILES string of the molecule is CCNC(=NCC(CC)CC)NCC(C)C(=O)OC. The van der Waals surface area contributed by atoms with Gasteiger partial charge in [-0.3, -0.25) is 9.79 Å². The van der Waals surface area contributed by atoms with E-state index in [9.17, 15) is 4.79 Å². The Labute approximate surface area is 117 Å². The highest BCUT2D eigenvalue weighted by Crippen LogP contribution is 2.07. The average molecular weight is 271 g/mol. The van der Waals surface area contributed by atoms with E-state index in [1.165, 1.54) is 7.11 Å². The lowest BCUT2D eigenvalue weighted by Crippen LogP contribution is -2.41. The molecule has 0 aliphatic heterocycles. The van der Waals surface area contributed by atoms with Crippen LogP contribution in [0.25, 0.3) is 0 Å². The highest BCUT2D eigenvalue weighted by molar-refractivity contribution is 5.80. The number of hydrogen-bond donors (Lipinski definition) is 2. The van der Waals surface area contributed by atoms with Gasteiger partial charge in [-0.05, 0) is 12.8 Å². The minimum absolute atomic E-state index is 0.179. The van der Waals surface area contributed by atoms with Gasteiger partial charge in [-0.1, -0.05) is 33.6 Å². The number of guanidine groups is 1. The molecule has 0 heterocycles. The van der Waals surface area contributed by atoms with Gasteiger partial charge in [0, 0.05) is 19.6 Å². The average Bonchev–Trinajstić information content (AvgIpc) is 2.44. The Kier molecular flexibility index (Phi) is 9.94. The number of hydrogen-bond acceptors (Lipinski definition) is 3. The molecule has 5 heteroatoms. The van der Waals surface area contributed by atoms with Gasteiger partial charge in [-0.25, -0.2) is 0 Å². The second-order valence-corrected chi connectivity index (χ2v) is 4.71. The molecule has 0 spiro atoms. The molecule has 0 rings (SSSR count). The molecule has 0 saturated heterocycles. The summed E-state index contributed by atoms with van der Waals surface area (Å²) in [4.78, 5) is 15.9. The number of rotatable bonds is 8. The second kappa shape index (κ2) is 10.6. The van der Waals surface area contributed by atoms with Crippen LogP contribution in [0.4, 0.5) is 0 Å². The first-order valence-electron chi connectivity index (χ1n) is 7.18. The zero-order valence-electron chi connectivity index (χ0n) is 13.0.